The van der Waals surface area contributed by atoms with Gasteiger partial charge in [-0.25, -0.2) is 0 Å². The largest absolute Gasteiger partial charge is 0.435 e. The SMILES string of the molecule is O=C(NNc1ccccc1C(F)(F)F)c1cccc(OC(F)F)c1. The van der Waals surface area contributed by atoms with Crippen LogP contribution in [0, 0.1) is 0 Å². The predicted molar refractivity (Wildman–Crippen MR) is 75.6 cm³/mol. The zero-order valence-electron chi connectivity index (χ0n) is 11.9. The molecule has 2 rings (SSSR count). The summed E-state index contributed by atoms with van der Waals surface area (Å²) < 4.78 is 66.9. The Morgan fingerprint density at radius 2 is 1.75 bits per heavy atom. The number of nitrogens with one attached hydrogen (secondary N) is 2. The van der Waals surface area contributed by atoms with E-state index in [4.69, 9.17) is 0 Å². The molecule has 0 aliphatic rings. The fraction of sp³-hybridized carbons (Fsp3) is 0.133. The van der Waals surface area contributed by atoms with E-state index in [0.717, 1.165) is 18.2 Å². The maximum Gasteiger partial charge on any atom is 0.418 e. The van der Waals surface area contributed by atoms with Crippen LogP contribution < -0.4 is 15.6 Å². The second-order valence-electron chi connectivity index (χ2n) is 4.53. The predicted octanol–water partition coefficient (Wildman–Crippen LogP) is 4.06. The zero-order valence-corrected chi connectivity index (χ0v) is 11.9. The number of halogens is 5. The van der Waals surface area contributed by atoms with Crippen LogP contribution in [0.2, 0.25) is 0 Å². The molecule has 24 heavy (non-hydrogen) atoms. The summed E-state index contributed by atoms with van der Waals surface area (Å²) in [7, 11) is 0. The van der Waals surface area contributed by atoms with Crippen molar-refractivity contribution in [3.63, 3.8) is 0 Å². The van der Waals surface area contributed by atoms with Gasteiger partial charge in [0.1, 0.15) is 5.75 Å². The van der Waals surface area contributed by atoms with E-state index in [2.05, 4.69) is 15.6 Å². The number of hydrogen-bond acceptors (Lipinski definition) is 3. The van der Waals surface area contributed by atoms with Gasteiger partial charge in [0.25, 0.3) is 5.91 Å². The Bertz CT molecular complexity index is 719. The number of amides is 1. The minimum Gasteiger partial charge on any atom is -0.435 e. The maximum absolute atomic E-state index is 12.8. The second-order valence-corrected chi connectivity index (χ2v) is 4.53. The van der Waals surface area contributed by atoms with Crippen LogP contribution >= 0.6 is 0 Å². The molecule has 0 aromatic heterocycles. The lowest BCUT2D eigenvalue weighted by atomic mass is 10.2. The molecule has 0 unspecified atom stereocenters. The zero-order chi connectivity index (χ0) is 17.7. The van der Waals surface area contributed by atoms with E-state index in [-0.39, 0.29) is 17.0 Å². The van der Waals surface area contributed by atoms with Gasteiger partial charge < -0.3 is 4.74 Å². The molecule has 0 heterocycles. The average Bonchev–Trinajstić information content (AvgIpc) is 2.51. The number of hydrogen-bond donors (Lipinski definition) is 2. The molecular weight excluding hydrogens is 335 g/mol. The van der Waals surface area contributed by atoms with Crippen LogP contribution in [0.15, 0.2) is 48.5 Å². The van der Waals surface area contributed by atoms with Crippen molar-refractivity contribution in [2.45, 2.75) is 12.8 Å². The van der Waals surface area contributed by atoms with Crippen LogP contribution in [0.3, 0.4) is 0 Å². The summed E-state index contributed by atoms with van der Waals surface area (Å²) in [6.45, 7) is -3.06. The number of benzene rings is 2. The molecule has 9 heteroatoms. The van der Waals surface area contributed by atoms with Gasteiger partial charge in [0.05, 0.1) is 11.3 Å². The third-order valence-corrected chi connectivity index (χ3v) is 2.86. The van der Waals surface area contributed by atoms with Gasteiger partial charge in [0.2, 0.25) is 0 Å². The van der Waals surface area contributed by atoms with Gasteiger partial charge >= 0.3 is 12.8 Å². The van der Waals surface area contributed by atoms with Gasteiger partial charge in [-0.1, -0.05) is 18.2 Å². The van der Waals surface area contributed by atoms with E-state index in [9.17, 15) is 26.7 Å². The molecule has 0 bridgehead atoms. The molecule has 128 valence electrons. The second kappa shape index (κ2) is 7.16. The highest BCUT2D eigenvalue weighted by Gasteiger charge is 2.33. The quantitative estimate of drug-likeness (QED) is 0.634. The fourth-order valence-corrected chi connectivity index (χ4v) is 1.85. The number of rotatable bonds is 5. The molecule has 0 radical (unpaired) electrons. The molecular formula is C15H11F5N2O2. The van der Waals surface area contributed by atoms with Gasteiger partial charge in [-0.2, -0.15) is 22.0 Å². The van der Waals surface area contributed by atoms with Crippen molar-refractivity contribution in [2.24, 2.45) is 0 Å². The Morgan fingerprint density at radius 3 is 2.42 bits per heavy atom. The number of ether oxygens (including phenoxy) is 1. The minimum atomic E-state index is -4.60. The van der Waals surface area contributed by atoms with E-state index >= 15 is 0 Å². The lowest BCUT2D eigenvalue weighted by Crippen LogP contribution is -2.30. The van der Waals surface area contributed by atoms with Crippen molar-refractivity contribution in [3.8, 4) is 5.75 Å². The molecule has 2 N–H and O–H groups in total. The van der Waals surface area contributed by atoms with Crippen LogP contribution in [-0.4, -0.2) is 12.5 Å². The molecule has 0 aliphatic carbocycles. The van der Waals surface area contributed by atoms with Crippen LogP contribution in [0.25, 0.3) is 0 Å². The number of carbonyl (C=O) groups excluding carboxylic acids is 1. The standard InChI is InChI=1S/C15H11F5N2O2/c16-14(17)24-10-5-3-4-9(8-10)13(23)22-21-12-7-2-1-6-11(12)15(18,19)20/h1-8,14,21H,(H,22,23). The van der Waals surface area contributed by atoms with Crippen molar-refractivity contribution in [1.82, 2.24) is 5.43 Å². The van der Waals surface area contributed by atoms with Gasteiger partial charge in [0.15, 0.2) is 0 Å². The molecule has 0 saturated heterocycles. The summed E-state index contributed by atoms with van der Waals surface area (Å²) in [6.07, 6.45) is -4.60. The number of hydrazine groups is 1. The summed E-state index contributed by atoms with van der Waals surface area (Å²) in [5, 5.41) is 0. The molecule has 2 aromatic carbocycles. The van der Waals surface area contributed by atoms with E-state index in [1.165, 1.54) is 30.3 Å². The summed E-state index contributed by atoms with van der Waals surface area (Å²) in [6, 6.07) is 9.42. The number of para-hydroxylation sites is 1. The monoisotopic (exact) mass is 346 g/mol. The van der Waals surface area contributed by atoms with E-state index in [0.29, 0.717) is 0 Å². The highest BCUT2D eigenvalue weighted by Crippen LogP contribution is 2.34. The summed E-state index contributed by atoms with van der Waals surface area (Å²) in [4.78, 5) is 11.9. The molecule has 2 aromatic rings. The minimum absolute atomic E-state index is 0.0647. The molecule has 0 spiro atoms. The first kappa shape index (κ1) is 17.5. The van der Waals surface area contributed by atoms with Crippen molar-refractivity contribution < 1.29 is 31.5 Å². The highest BCUT2D eigenvalue weighted by molar-refractivity contribution is 5.95. The molecule has 0 saturated carbocycles. The first-order valence-electron chi connectivity index (χ1n) is 6.55. The highest BCUT2D eigenvalue weighted by atomic mass is 19.4. The van der Waals surface area contributed by atoms with Crippen LogP contribution in [0.1, 0.15) is 15.9 Å². The van der Waals surface area contributed by atoms with E-state index in [1.807, 2.05) is 0 Å². The van der Waals surface area contributed by atoms with Crippen molar-refractivity contribution in [3.05, 3.63) is 59.7 Å². The van der Waals surface area contributed by atoms with Crippen molar-refractivity contribution in [1.29, 1.82) is 0 Å². The topological polar surface area (TPSA) is 50.4 Å². The van der Waals surface area contributed by atoms with Gasteiger partial charge in [-0.05, 0) is 30.3 Å². The summed E-state index contributed by atoms with van der Waals surface area (Å²) in [5.41, 5.74) is 2.87. The number of carbonyl (C=O) groups is 1. The Morgan fingerprint density at radius 1 is 1.04 bits per heavy atom. The van der Waals surface area contributed by atoms with Crippen molar-refractivity contribution in [2.75, 3.05) is 5.43 Å². The molecule has 0 atom stereocenters. The molecule has 0 aliphatic heterocycles. The average molecular weight is 346 g/mol. The lowest BCUT2D eigenvalue weighted by molar-refractivity contribution is -0.137. The van der Waals surface area contributed by atoms with Crippen molar-refractivity contribution >= 4 is 11.6 Å². The van der Waals surface area contributed by atoms with Gasteiger partial charge in [0, 0.05) is 5.56 Å². The smallest absolute Gasteiger partial charge is 0.418 e. The molecule has 1 amide bonds. The number of alkyl halides is 5. The normalized spacial score (nSPS) is 11.2. The Balaban J connectivity index is 2.09. The molecule has 4 nitrogen and oxygen atoms in total. The summed E-state index contributed by atoms with van der Waals surface area (Å²) in [5.74, 6) is -1.06. The Hall–Kier alpha value is -2.84. The fourth-order valence-electron chi connectivity index (χ4n) is 1.85. The summed E-state index contributed by atoms with van der Waals surface area (Å²) >= 11 is 0. The van der Waals surface area contributed by atoms with E-state index in [1.54, 1.807) is 0 Å². The Kier molecular flexibility index (Phi) is 5.22. The van der Waals surface area contributed by atoms with Crippen LogP contribution in [0.4, 0.5) is 27.6 Å². The lowest BCUT2D eigenvalue weighted by Gasteiger charge is -2.15. The van der Waals surface area contributed by atoms with Crippen LogP contribution in [-0.2, 0) is 6.18 Å². The van der Waals surface area contributed by atoms with Gasteiger partial charge in [-0.15, -0.1) is 0 Å². The first-order chi connectivity index (χ1) is 11.3. The number of anilines is 1. The van der Waals surface area contributed by atoms with Gasteiger partial charge in [-0.3, -0.25) is 15.6 Å². The Labute approximate surface area is 133 Å². The maximum atomic E-state index is 12.8. The first-order valence-corrected chi connectivity index (χ1v) is 6.55. The van der Waals surface area contributed by atoms with Crippen LogP contribution in [0.5, 0.6) is 5.75 Å². The van der Waals surface area contributed by atoms with E-state index < -0.39 is 24.3 Å². The third kappa shape index (κ3) is 4.58. The third-order valence-electron chi connectivity index (χ3n) is 2.86. The molecule has 0 fully saturated rings.